The van der Waals surface area contributed by atoms with Gasteiger partial charge in [0.1, 0.15) is 16.8 Å². The molecule has 0 fully saturated rings. The first-order valence-electron chi connectivity index (χ1n) is 8.10. The molecule has 0 saturated heterocycles. The van der Waals surface area contributed by atoms with Gasteiger partial charge in [-0.05, 0) is 37.1 Å². The van der Waals surface area contributed by atoms with Crippen molar-refractivity contribution in [2.24, 2.45) is 5.92 Å². The number of nitrogens with zero attached hydrogens (tertiary/aromatic N) is 1. The zero-order valence-electron chi connectivity index (χ0n) is 14.5. The van der Waals surface area contributed by atoms with Crippen LogP contribution >= 0.6 is 11.3 Å². The molecular weight excluding hydrogens is 340 g/mol. The fraction of sp³-hybridized carbons (Fsp3) is 0.389. The van der Waals surface area contributed by atoms with Gasteiger partial charge in [-0.3, -0.25) is 4.79 Å². The Morgan fingerprint density at radius 2 is 1.96 bits per heavy atom. The Balaban J connectivity index is 2.01. The molecule has 25 heavy (non-hydrogen) atoms. The highest BCUT2D eigenvalue weighted by Gasteiger charge is 2.23. The molecule has 1 atom stereocenters. The van der Waals surface area contributed by atoms with E-state index in [2.05, 4.69) is 10.3 Å². The molecule has 0 saturated carbocycles. The lowest BCUT2D eigenvalue weighted by Gasteiger charge is -2.17. The second kappa shape index (κ2) is 8.62. The van der Waals surface area contributed by atoms with Crippen LogP contribution in [-0.4, -0.2) is 34.6 Å². The molecule has 1 aromatic heterocycles. The van der Waals surface area contributed by atoms with Gasteiger partial charge >= 0.3 is 5.97 Å². The Labute approximate surface area is 150 Å². The fourth-order valence-corrected chi connectivity index (χ4v) is 3.11. The van der Waals surface area contributed by atoms with E-state index in [1.54, 1.807) is 13.8 Å². The highest BCUT2D eigenvalue weighted by molar-refractivity contribution is 7.13. The minimum absolute atomic E-state index is 0.0596. The molecule has 0 unspecified atom stereocenters. The smallest absolute Gasteiger partial charge is 0.326 e. The molecular formula is C18H22N2O4S. The molecule has 0 spiro atoms. The summed E-state index contributed by atoms with van der Waals surface area (Å²) in [6.07, 6.45) is 0.0596. The second-order valence-corrected chi connectivity index (χ2v) is 6.76. The Hall–Kier alpha value is -2.41. The van der Waals surface area contributed by atoms with E-state index in [1.165, 1.54) is 11.3 Å². The Morgan fingerprint density at radius 1 is 1.28 bits per heavy atom. The summed E-state index contributed by atoms with van der Waals surface area (Å²) >= 11 is 1.45. The summed E-state index contributed by atoms with van der Waals surface area (Å²) in [5.74, 6) is -0.756. The van der Waals surface area contributed by atoms with Gasteiger partial charge in [0.25, 0.3) is 0 Å². The SMILES string of the molecule is CCOc1ccc(-c2nc(CC(=O)N[C@@H](C(=O)O)C(C)C)cs2)cc1. The van der Waals surface area contributed by atoms with E-state index < -0.39 is 12.0 Å². The molecule has 1 amide bonds. The quantitative estimate of drug-likeness (QED) is 0.754. The molecule has 0 aliphatic heterocycles. The number of carboxylic acids is 1. The Bertz CT molecular complexity index is 725. The van der Waals surface area contributed by atoms with Crippen LogP contribution in [0.1, 0.15) is 26.5 Å². The largest absolute Gasteiger partial charge is 0.494 e. The Kier molecular flexibility index (Phi) is 6.52. The van der Waals surface area contributed by atoms with Crippen molar-refractivity contribution in [1.82, 2.24) is 10.3 Å². The summed E-state index contributed by atoms with van der Waals surface area (Å²) in [4.78, 5) is 27.7. The monoisotopic (exact) mass is 362 g/mol. The van der Waals surface area contributed by atoms with E-state index >= 15 is 0 Å². The molecule has 6 nitrogen and oxygen atoms in total. The van der Waals surface area contributed by atoms with Gasteiger partial charge < -0.3 is 15.2 Å². The van der Waals surface area contributed by atoms with Crippen LogP contribution in [0.25, 0.3) is 10.6 Å². The number of aromatic nitrogens is 1. The van der Waals surface area contributed by atoms with Crippen LogP contribution < -0.4 is 10.1 Å². The van der Waals surface area contributed by atoms with Gasteiger partial charge in [0.05, 0.1) is 18.7 Å². The van der Waals surface area contributed by atoms with Crippen LogP contribution in [0.4, 0.5) is 0 Å². The number of hydrogen-bond donors (Lipinski definition) is 2. The van der Waals surface area contributed by atoms with Crippen molar-refractivity contribution in [2.45, 2.75) is 33.2 Å². The highest BCUT2D eigenvalue weighted by Crippen LogP contribution is 2.26. The Morgan fingerprint density at radius 3 is 2.52 bits per heavy atom. The maximum absolute atomic E-state index is 12.1. The van der Waals surface area contributed by atoms with E-state index in [4.69, 9.17) is 9.84 Å². The number of aliphatic carboxylic acids is 1. The number of amides is 1. The van der Waals surface area contributed by atoms with Gasteiger partial charge in [-0.2, -0.15) is 0 Å². The van der Waals surface area contributed by atoms with E-state index in [-0.39, 0.29) is 18.2 Å². The lowest BCUT2D eigenvalue weighted by atomic mass is 10.0. The first-order valence-corrected chi connectivity index (χ1v) is 8.98. The summed E-state index contributed by atoms with van der Waals surface area (Å²) in [5, 5.41) is 14.3. The first kappa shape index (κ1) is 18.9. The van der Waals surface area contributed by atoms with Gasteiger partial charge in [-0.1, -0.05) is 13.8 Å². The van der Waals surface area contributed by atoms with Gasteiger partial charge in [-0.15, -0.1) is 11.3 Å². The van der Waals surface area contributed by atoms with Crippen LogP contribution in [0.5, 0.6) is 5.75 Å². The van der Waals surface area contributed by atoms with E-state index in [0.717, 1.165) is 16.3 Å². The van der Waals surface area contributed by atoms with Crippen LogP contribution in [0.2, 0.25) is 0 Å². The maximum Gasteiger partial charge on any atom is 0.326 e. The summed E-state index contributed by atoms with van der Waals surface area (Å²) in [6, 6.07) is 6.72. The predicted molar refractivity (Wildman–Crippen MR) is 96.8 cm³/mol. The average Bonchev–Trinajstić information content (AvgIpc) is 3.01. The topological polar surface area (TPSA) is 88.5 Å². The lowest BCUT2D eigenvalue weighted by molar-refractivity contribution is -0.143. The molecule has 2 aromatic rings. The van der Waals surface area contributed by atoms with Gasteiger partial charge in [0, 0.05) is 10.9 Å². The molecule has 0 bridgehead atoms. The van der Waals surface area contributed by atoms with Gasteiger partial charge in [0.2, 0.25) is 5.91 Å². The van der Waals surface area contributed by atoms with Crippen LogP contribution in [0.3, 0.4) is 0 Å². The summed E-state index contributed by atoms with van der Waals surface area (Å²) in [6.45, 7) is 6.06. The fourth-order valence-electron chi connectivity index (χ4n) is 2.28. The molecule has 0 aliphatic rings. The normalized spacial score (nSPS) is 12.0. The van der Waals surface area contributed by atoms with E-state index in [1.807, 2.05) is 36.6 Å². The molecule has 2 rings (SSSR count). The predicted octanol–water partition coefficient (Wildman–Crippen LogP) is 2.98. The lowest BCUT2D eigenvalue weighted by Crippen LogP contribution is -2.44. The van der Waals surface area contributed by atoms with Crippen LogP contribution in [-0.2, 0) is 16.0 Å². The van der Waals surface area contributed by atoms with Crippen molar-refractivity contribution in [3.63, 3.8) is 0 Å². The molecule has 0 radical (unpaired) electrons. The number of benzene rings is 1. The second-order valence-electron chi connectivity index (χ2n) is 5.91. The van der Waals surface area contributed by atoms with E-state index in [0.29, 0.717) is 12.3 Å². The first-order chi connectivity index (χ1) is 11.9. The standard InChI is InChI=1S/C18H22N2O4S/c1-4-24-14-7-5-12(6-8-14)17-19-13(10-25-17)9-15(21)20-16(11(2)3)18(22)23/h5-8,10-11,16H,4,9H2,1-3H3,(H,20,21)(H,22,23)/t16-/m1/s1. The third kappa shape index (κ3) is 5.29. The minimum Gasteiger partial charge on any atom is -0.494 e. The van der Waals surface area contributed by atoms with Crippen molar-refractivity contribution in [1.29, 1.82) is 0 Å². The van der Waals surface area contributed by atoms with Crippen molar-refractivity contribution in [3.8, 4) is 16.3 Å². The number of thiazole rings is 1. The summed E-state index contributed by atoms with van der Waals surface area (Å²) < 4.78 is 5.41. The number of carboxylic acid groups (broad SMARTS) is 1. The number of ether oxygens (including phenoxy) is 1. The van der Waals surface area contributed by atoms with Gasteiger partial charge in [-0.25, -0.2) is 9.78 Å². The minimum atomic E-state index is -1.03. The highest BCUT2D eigenvalue weighted by atomic mass is 32.1. The zero-order valence-corrected chi connectivity index (χ0v) is 15.3. The van der Waals surface area contributed by atoms with Crippen molar-refractivity contribution < 1.29 is 19.4 Å². The van der Waals surface area contributed by atoms with Crippen molar-refractivity contribution >= 4 is 23.2 Å². The van der Waals surface area contributed by atoms with Crippen molar-refractivity contribution in [2.75, 3.05) is 6.61 Å². The number of carbonyl (C=O) groups is 2. The molecule has 2 N–H and O–H groups in total. The third-order valence-corrected chi connectivity index (χ3v) is 4.50. The number of rotatable bonds is 8. The summed E-state index contributed by atoms with van der Waals surface area (Å²) in [7, 11) is 0. The number of carbonyl (C=O) groups excluding carboxylic acids is 1. The van der Waals surface area contributed by atoms with Gasteiger partial charge in [0.15, 0.2) is 0 Å². The molecule has 7 heteroatoms. The van der Waals surface area contributed by atoms with Crippen LogP contribution in [0, 0.1) is 5.92 Å². The average molecular weight is 362 g/mol. The molecule has 134 valence electrons. The third-order valence-electron chi connectivity index (χ3n) is 3.55. The number of hydrogen-bond acceptors (Lipinski definition) is 5. The van der Waals surface area contributed by atoms with E-state index in [9.17, 15) is 9.59 Å². The maximum atomic E-state index is 12.1. The molecule has 0 aliphatic carbocycles. The number of nitrogens with one attached hydrogen (secondary N) is 1. The molecule has 1 heterocycles. The summed E-state index contributed by atoms with van der Waals surface area (Å²) in [5.41, 5.74) is 1.57. The molecule has 1 aromatic carbocycles. The zero-order chi connectivity index (χ0) is 18.4. The van der Waals surface area contributed by atoms with Crippen molar-refractivity contribution in [3.05, 3.63) is 35.3 Å². The van der Waals surface area contributed by atoms with Crippen LogP contribution in [0.15, 0.2) is 29.6 Å².